The SMILES string of the molecule is CC(C)Oc1cccc(/C(O)=C2\C(=O)C(=O)N(c3ccc(N4CCCC4)cc3)C2c2ccc(O)cc2)c1. The van der Waals surface area contributed by atoms with Crippen molar-refractivity contribution in [2.24, 2.45) is 0 Å². The molecule has 1 unspecified atom stereocenters. The van der Waals surface area contributed by atoms with Crippen molar-refractivity contribution in [2.75, 3.05) is 22.9 Å². The lowest BCUT2D eigenvalue weighted by atomic mass is 9.95. The lowest BCUT2D eigenvalue weighted by Gasteiger charge is -2.26. The Labute approximate surface area is 216 Å². The van der Waals surface area contributed by atoms with E-state index in [1.807, 2.05) is 38.1 Å². The third kappa shape index (κ3) is 4.77. The molecule has 0 bridgehead atoms. The molecule has 2 heterocycles. The number of nitrogens with zero attached hydrogens (tertiary/aromatic N) is 2. The normalized spacial score (nSPS) is 19.2. The van der Waals surface area contributed by atoms with Gasteiger partial charge in [-0.3, -0.25) is 14.5 Å². The summed E-state index contributed by atoms with van der Waals surface area (Å²) >= 11 is 0. The van der Waals surface area contributed by atoms with Gasteiger partial charge in [0, 0.05) is 30.0 Å². The quantitative estimate of drug-likeness (QED) is 0.269. The minimum Gasteiger partial charge on any atom is -0.508 e. The lowest BCUT2D eigenvalue weighted by Crippen LogP contribution is -2.29. The van der Waals surface area contributed by atoms with Crippen molar-refractivity contribution in [3.63, 3.8) is 0 Å². The number of ether oxygens (including phenoxy) is 1. The second-order valence-electron chi connectivity index (χ2n) is 9.67. The minimum absolute atomic E-state index is 0.0130. The summed E-state index contributed by atoms with van der Waals surface area (Å²) in [6.45, 7) is 5.80. The van der Waals surface area contributed by atoms with Crippen LogP contribution in [0.3, 0.4) is 0 Å². The van der Waals surface area contributed by atoms with Crippen molar-refractivity contribution in [3.8, 4) is 11.5 Å². The number of phenols is 1. The second-order valence-corrected chi connectivity index (χ2v) is 9.67. The number of hydrogen-bond acceptors (Lipinski definition) is 6. The number of phenolic OH excluding ortho intramolecular Hbond substituents is 1. The highest BCUT2D eigenvalue weighted by atomic mass is 16.5. The molecule has 2 saturated heterocycles. The van der Waals surface area contributed by atoms with E-state index in [2.05, 4.69) is 4.90 Å². The molecule has 3 aromatic rings. The molecule has 190 valence electrons. The Kier molecular flexibility index (Phi) is 6.61. The van der Waals surface area contributed by atoms with Gasteiger partial charge in [0.25, 0.3) is 11.7 Å². The molecule has 2 aliphatic heterocycles. The molecule has 7 nitrogen and oxygen atoms in total. The number of aliphatic hydroxyl groups excluding tert-OH is 1. The van der Waals surface area contributed by atoms with Gasteiger partial charge in [-0.25, -0.2) is 0 Å². The van der Waals surface area contributed by atoms with E-state index in [0.29, 0.717) is 22.6 Å². The first kappa shape index (κ1) is 24.4. The molecule has 0 saturated carbocycles. The van der Waals surface area contributed by atoms with Crippen LogP contribution < -0.4 is 14.5 Å². The van der Waals surface area contributed by atoms with Gasteiger partial charge in [-0.15, -0.1) is 0 Å². The molecule has 1 atom stereocenters. The Morgan fingerprint density at radius 1 is 0.919 bits per heavy atom. The maximum Gasteiger partial charge on any atom is 0.300 e. The van der Waals surface area contributed by atoms with Gasteiger partial charge in [0.2, 0.25) is 0 Å². The first-order chi connectivity index (χ1) is 17.8. The van der Waals surface area contributed by atoms with Crippen LogP contribution in [0.4, 0.5) is 11.4 Å². The number of anilines is 2. The second kappa shape index (κ2) is 10.0. The summed E-state index contributed by atoms with van der Waals surface area (Å²) in [7, 11) is 0. The number of benzene rings is 3. The third-order valence-corrected chi connectivity index (χ3v) is 6.73. The van der Waals surface area contributed by atoms with Gasteiger partial charge < -0.3 is 19.8 Å². The van der Waals surface area contributed by atoms with Crippen LogP contribution in [0.15, 0.2) is 78.4 Å². The van der Waals surface area contributed by atoms with Crippen LogP contribution in [-0.2, 0) is 9.59 Å². The number of hydrogen-bond donors (Lipinski definition) is 2. The van der Waals surface area contributed by atoms with Gasteiger partial charge in [0.05, 0.1) is 17.7 Å². The molecule has 2 aliphatic rings. The molecule has 2 fully saturated rings. The fraction of sp³-hybridized carbons (Fsp3) is 0.267. The molecule has 0 radical (unpaired) electrons. The van der Waals surface area contributed by atoms with Gasteiger partial charge in [-0.2, -0.15) is 0 Å². The zero-order valence-corrected chi connectivity index (χ0v) is 20.9. The lowest BCUT2D eigenvalue weighted by molar-refractivity contribution is -0.132. The first-order valence-corrected chi connectivity index (χ1v) is 12.6. The topological polar surface area (TPSA) is 90.3 Å². The average Bonchev–Trinajstić information content (AvgIpc) is 3.51. The highest BCUT2D eigenvalue weighted by Gasteiger charge is 2.47. The number of Topliss-reactive ketones (excluding diaryl/α,β-unsaturated/α-hetero) is 1. The first-order valence-electron chi connectivity index (χ1n) is 12.6. The van der Waals surface area contributed by atoms with Gasteiger partial charge in [0.15, 0.2) is 0 Å². The third-order valence-electron chi connectivity index (χ3n) is 6.73. The highest BCUT2D eigenvalue weighted by molar-refractivity contribution is 6.51. The minimum atomic E-state index is -0.868. The Morgan fingerprint density at radius 2 is 1.57 bits per heavy atom. The molecule has 3 aromatic carbocycles. The summed E-state index contributed by atoms with van der Waals surface area (Å²) in [5, 5.41) is 21.2. The Morgan fingerprint density at radius 3 is 2.22 bits per heavy atom. The van der Waals surface area contributed by atoms with Crippen LogP contribution in [0.2, 0.25) is 0 Å². The molecule has 0 aliphatic carbocycles. The standard InChI is InChI=1S/C30H30N2O5/c1-19(2)37-25-7-5-6-21(18-25)28(34)26-27(20-8-14-24(33)15-9-20)32(30(36)29(26)35)23-12-10-22(11-13-23)31-16-3-4-17-31/h5-15,18-19,27,33-34H,3-4,16-17H2,1-2H3/b28-26+. The molecule has 37 heavy (non-hydrogen) atoms. The van der Waals surface area contributed by atoms with Crippen LogP contribution in [0, 0.1) is 0 Å². The Bertz CT molecular complexity index is 1340. The number of carbonyl (C=O) groups excluding carboxylic acids is 2. The van der Waals surface area contributed by atoms with Crippen LogP contribution in [-0.4, -0.2) is 41.1 Å². The van der Waals surface area contributed by atoms with Gasteiger partial charge in [-0.05, 0) is 80.8 Å². The van der Waals surface area contributed by atoms with Crippen molar-refractivity contribution in [3.05, 3.63) is 89.5 Å². The van der Waals surface area contributed by atoms with Crippen LogP contribution in [0.5, 0.6) is 11.5 Å². The monoisotopic (exact) mass is 498 g/mol. The van der Waals surface area contributed by atoms with E-state index in [0.717, 1.165) is 31.6 Å². The van der Waals surface area contributed by atoms with E-state index >= 15 is 0 Å². The highest BCUT2D eigenvalue weighted by Crippen LogP contribution is 2.43. The largest absolute Gasteiger partial charge is 0.508 e. The van der Waals surface area contributed by atoms with E-state index in [9.17, 15) is 19.8 Å². The van der Waals surface area contributed by atoms with Crippen molar-refractivity contribution < 1.29 is 24.5 Å². The van der Waals surface area contributed by atoms with E-state index in [4.69, 9.17) is 4.74 Å². The summed E-state index contributed by atoms with van der Waals surface area (Å²) < 4.78 is 5.76. The molecule has 0 aromatic heterocycles. The molecule has 7 heteroatoms. The van der Waals surface area contributed by atoms with Crippen molar-refractivity contribution in [2.45, 2.75) is 38.8 Å². The maximum atomic E-state index is 13.4. The van der Waals surface area contributed by atoms with Crippen molar-refractivity contribution >= 4 is 28.8 Å². The number of aliphatic hydroxyl groups is 1. The average molecular weight is 499 g/mol. The number of ketones is 1. The fourth-order valence-electron chi connectivity index (χ4n) is 5.01. The summed E-state index contributed by atoms with van der Waals surface area (Å²) in [6.07, 6.45) is 2.24. The Balaban J connectivity index is 1.60. The fourth-order valence-corrected chi connectivity index (χ4v) is 5.01. The van der Waals surface area contributed by atoms with Gasteiger partial charge >= 0.3 is 0 Å². The Hall–Kier alpha value is -4.26. The maximum absolute atomic E-state index is 13.4. The number of rotatable bonds is 6. The molecule has 1 amide bonds. The summed E-state index contributed by atoms with van der Waals surface area (Å²) in [5.41, 5.74) is 2.59. The summed E-state index contributed by atoms with van der Waals surface area (Å²) in [6, 6.07) is 19.9. The number of carbonyl (C=O) groups is 2. The predicted molar refractivity (Wildman–Crippen MR) is 143 cm³/mol. The zero-order chi connectivity index (χ0) is 26.1. The number of aromatic hydroxyl groups is 1. The zero-order valence-electron chi connectivity index (χ0n) is 20.9. The molecular formula is C30H30N2O5. The van der Waals surface area contributed by atoms with Crippen molar-refractivity contribution in [1.82, 2.24) is 0 Å². The van der Waals surface area contributed by atoms with Gasteiger partial charge in [-0.1, -0.05) is 24.3 Å². The smallest absolute Gasteiger partial charge is 0.300 e. The van der Waals surface area contributed by atoms with Crippen LogP contribution in [0.25, 0.3) is 5.76 Å². The summed E-state index contributed by atoms with van der Waals surface area (Å²) in [4.78, 5) is 30.5. The molecule has 5 rings (SSSR count). The van der Waals surface area contributed by atoms with Crippen molar-refractivity contribution in [1.29, 1.82) is 0 Å². The van der Waals surface area contributed by atoms with E-state index in [-0.39, 0.29) is 23.2 Å². The van der Waals surface area contributed by atoms with Crippen LogP contribution in [0.1, 0.15) is 43.9 Å². The molecular weight excluding hydrogens is 468 g/mol. The van der Waals surface area contributed by atoms with E-state index in [1.54, 1.807) is 36.4 Å². The molecule has 2 N–H and O–H groups in total. The predicted octanol–water partition coefficient (Wildman–Crippen LogP) is 5.41. The van der Waals surface area contributed by atoms with E-state index in [1.165, 1.54) is 17.0 Å². The van der Waals surface area contributed by atoms with E-state index < -0.39 is 17.7 Å². The van der Waals surface area contributed by atoms with Gasteiger partial charge in [0.1, 0.15) is 17.3 Å². The number of amides is 1. The van der Waals surface area contributed by atoms with Crippen LogP contribution >= 0.6 is 0 Å². The summed E-state index contributed by atoms with van der Waals surface area (Å²) in [5.74, 6) is -1.15. The molecule has 0 spiro atoms.